The lowest BCUT2D eigenvalue weighted by atomic mass is 9.92. The van der Waals surface area contributed by atoms with Crippen LogP contribution in [0.4, 0.5) is 5.69 Å². The Hall–Kier alpha value is -1.91. The highest BCUT2D eigenvalue weighted by molar-refractivity contribution is 6.00. The van der Waals surface area contributed by atoms with E-state index in [1.165, 1.54) is 0 Å². The van der Waals surface area contributed by atoms with E-state index < -0.39 is 0 Å². The summed E-state index contributed by atoms with van der Waals surface area (Å²) in [6, 6.07) is 3.53. The third-order valence-electron chi connectivity index (χ3n) is 4.09. The first-order valence-corrected chi connectivity index (χ1v) is 6.95. The lowest BCUT2D eigenvalue weighted by Crippen LogP contribution is -2.33. The molecule has 1 unspecified atom stereocenters. The van der Waals surface area contributed by atoms with Crippen LogP contribution in [0.5, 0.6) is 11.5 Å². The number of nitrogen functional groups attached to an aromatic ring is 1. The van der Waals surface area contributed by atoms with Crippen molar-refractivity contribution in [2.45, 2.75) is 39.2 Å². The summed E-state index contributed by atoms with van der Waals surface area (Å²) < 4.78 is 10.5. The lowest BCUT2D eigenvalue weighted by Gasteiger charge is -2.18. The van der Waals surface area contributed by atoms with E-state index in [0.29, 0.717) is 28.2 Å². The van der Waals surface area contributed by atoms with Gasteiger partial charge in [-0.05, 0) is 30.7 Å². The number of carbonyl (C=O) groups excluding carboxylic acids is 1. The number of nitrogens with two attached hydrogens (primary N) is 1. The second-order valence-corrected chi connectivity index (χ2v) is 6.37. The number of ether oxygens (including phenoxy) is 2. The fraction of sp³-hybridized carbons (Fsp3) is 0.533. The van der Waals surface area contributed by atoms with Crippen molar-refractivity contribution >= 4 is 11.6 Å². The predicted octanol–water partition coefficient (Wildman–Crippen LogP) is 2.31. The van der Waals surface area contributed by atoms with E-state index in [0.717, 1.165) is 19.3 Å². The van der Waals surface area contributed by atoms with Crippen LogP contribution in [0.3, 0.4) is 0 Å². The van der Waals surface area contributed by atoms with Gasteiger partial charge in [0, 0.05) is 17.8 Å². The molecule has 1 aromatic carbocycles. The molecule has 1 atom stereocenters. The molecule has 3 rings (SSSR count). The fourth-order valence-corrected chi connectivity index (χ4v) is 2.98. The van der Waals surface area contributed by atoms with Crippen molar-refractivity contribution in [2.75, 3.05) is 12.5 Å². The van der Waals surface area contributed by atoms with Crippen LogP contribution in [0.1, 0.15) is 43.5 Å². The van der Waals surface area contributed by atoms with Crippen LogP contribution in [0.25, 0.3) is 0 Å². The van der Waals surface area contributed by atoms with Crippen LogP contribution >= 0.6 is 0 Å². The van der Waals surface area contributed by atoms with E-state index in [4.69, 9.17) is 15.2 Å². The van der Waals surface area contributed by atoms with Gasteiger partial charge in [-0.15, -0.1) is 0 Å². The Balaban J connectivity index is 1.75. The molecule has 1 aliphatic carbocycles. The highest BCUT2D eigenvalue weighted by Crippen LogP contribution is 2.38. The molecule has 3 N–H and O–H groups in total. The molecule has 0 radical (unpaired) electrons. The highest BCUT2D eigenvalue weighted by Gasteiger charge is 2.32. The quantitative estimate of drug-likeness (QED) is 0.813. The molecular formula is C15H20N2O3. The first kappa shape index (κ1) is 13.1. The lowest BCUT2D eigenvalue weighted by molar-refractivity contribution is 0.0936. The molecule has 0 saturated heterocycles. The van der Waals surface area contributed by atoms with Gasteiger partial charge in [0.15, 0.2) is 11.5 Å². The molecule has 0 aromatic heterocycles. The van der Waals surface area contributed by atoms with Crippen molar-refractivity contribution in [3.05, 3.63) is 17.7 Å². The average molecular weight is 276 g/mol. The SMILES string of the molecule is CC1(C)CCC(NC(=O)c2cc3c(cc2N)OCO3)C1. The fourth-order valence-electron chi connectivity index (χ4n) is 2.98. The number of anilines is 1. The van der Waals surface area contributed by atoms with Gasteiger partial charge in [-0.3, -0.25) is 4.79 Å². The minimum atomic E-state index is -0.136. The Morgan fingerprint density at radius 1 is 1.35 bits per heavy atom. The van der Waals surface area contributed by atoms with Crippen molar-refractivity contribution in [3.63, 3.8) is 0 Å². The van der Waals surface area contributed by atoms with Crippen LogP contribution < -0.4 is 20.5 Å². The van der Waals surface area contributed by atoms with Crippen molar-refractivity contribution in [1.82, 2.24) is 5.32 Å². The second kappa shape index (κ2) is 4.58. The minimum absolute atomic E-state index is 0.136. The van der Waals surface area contributed by atoms with Crippen molar-refractivity contribution in [2.24, 2.45) is 5.41 Å². The van der Waals surface area contributed by atoms with Crippen LogP contribution in [-0.4, -0.2) is 18.7 Å². The number of fused-ring (bicyclic) bond motifs is 1. The first-order valence-electron chi connectivity index (χ1n) is 6.95. The van der Waals surface area contributed by atoms with E-state index in [1.807, 2.05) is 0 Å². The molecule has 1 aromatic rings. The smallest absolute Gasteiger partial charge is 0.253 e. The van der Waals surface area contributed by atoms with Gasteiger partial charge >= 0.3 is 0 Å². The molecular weight excluding hydrogens is 256 g/mol. The number of nitrogens with one attached hydrogen (secondary N) is 1. The van der Waals surface area contributed by atoms with Crippen molar-refractivity contribution in [1.29, 1.82) is 0 Å². The molecule has 0 spiro atoms. The summed E-state index contributed by atoms with van der Waals surface area (Å²) in [4.78, 5) is 12.3. The monoisotopic (exact) mass is 276 g/mol. The second-order valence-electron chi connectivity index (χ2n) is 6.37. The largest absolute Gasteiger partial charge is 0.454 e. The Kier molecular flexibility index (Phi) is 3.00. The third kappa shape index (κ3) is 2.40. The summed E-state index contributed by atoms with van der Waals surface area (Å²) in [5.74, 6) is 1.04. The maximum atomic E-state index is 12.3. The van der Waals surface area contributed by atoms with E-state index >= 15 is 0 Å². The highest BCUT2D eigenvalue weighted by atomic mass is 16.7. The van der Waals surface area contributed by atoms with Gasteiger partial charge in [0.1, 0.15) is 0 Å². The van der Waals surface area contributed by atoms with Crippen molar-refractivity contribution in [3.8, 4) is 11.5 Å². The molecule has 5 nitrogen and oxygen atoms in total. The molecule has 1 fully saturated rings. The Morgan fingerprint density at radius 3 is 2.70 bits per heavy atom. The normalized spacial score (nSPS) is 22.8. The maximum absolute atomic E-state index is 12.3. The average Bonchev–Trinajstić information content (AvgIpc) is 2.94. The minimum Gasteiger partial charge on any atom is -0.454 e. The first-order chi connectivity index (χ1) is 9.44. The van der Waals surface area contributed by atoms with Crippen LogP contribution in [0, 0.1) is 5.41 Å². The summed E-state index contributed by atoms with van der Waals surface area (Å²) in [5, 5.41) is 3.07. The molecule has 108 valence electrons. The van der Waals surface area contributed by atoms with Gasteiger partial charge < -0.3 is 20.5 Å². The van der Waals surface area contributed by atoms with Gasteiger partial charge in [-0.25, -0.2) is 0 Å². The van der Waals surface area contributed by atoms with Crippen LogP contribution in [-0.2, 0) is 0 Å². The maximum Gasteiger partial charge on any atom is 0.253 e. The number of carbonyl (C=O) groups is 1. The van der Waals surface area contributed by atoms with Crippen LogP contribution in [0.2, 0.25) is 0 Å². The molecule has 1 heterocycles. The number of amides is 1. The molecule has 1 aliphatic heterocycles. The van der Waals surface area contributed by atoms with Gasteiger partial charge in [0.2, 0.25) is 6.79 Å². The summed E-state index contributed by atoms with van der Waals surface area (Å²) in [6.07, 6.45) is 3.15. The van der Waals surface area contributed by atoms with Crippen LogP contribution in [0.15, 0.2) is 12.1 Å². The summed E-state index contributed by atoms with van der Waals surface area (Å²) in [6.45, 7) is 4.64. The summed E-state index contributed by atoms with van der Waals surface area (Å²) in [5.41, 5.74) is 7.11. The molecule has 1 saturated carbocycles. The predicted molar refractivity (Wildman–Crippen MR) is 75.9 cm³/mol. The number of benzene rings is 1. The third-order valence-corrected chi connectivity index (χ3v) is 4.09. The number of hydrogen-bond acceptors (Lipinski definition) is 4. The molecule has 1 amide bonds. The van der Waals surface area contributed by atoms with E-state index in [1.54, 1.807) is 12.1 Å². The van der Waals surface area contributed by atoms with Crippen molar-refractivity contribution < 1.29 is 14.3 Å². The van der Waals surface area contributed by atoms with E-state index in [2.05, 4.69) is 19.2 Å². The summed E-state index contributed by atoms with van der Waals surface area (Å²) in [7, 11) is 0. The van der Waals surface area contributed by atoms with E-state index in [9.17, 15) is 4.79 Å². The van der Waals surface area contributed by atoms with E-state index in [-0.39, 0.29) is 18.7 Å². The molecule has 2 aliphatic rings. The molecule has 5 heteroatoms. The molecule has 20 heavy (non-hydrogen) atoms. The molecule has 0 bridgehead atoms. The Bertz CT molecular complexity index is 554. The zero-order chi connectivity index (χ0) is 14.3. The Labute approximate surface area is 118 Å². The van der Waals surface area contributed by atoms with Gasteiger partial charge in [-0.1, -0.05) is 13.8 Å². The Morgan fingerprint density at radius 2 is 2.05 bits per heavy atom. The number of hydrogen-bond donors (Lipinski definition) is 2. The topological polar surface area (TPSA) is 73.6 Å². The number of rotatable bonds is 2. The zero-order valence-electron chi connectivity index (χ0n) is 11.9. The van der Waals surface area contributed by atoms with Gasteiger partial charge in [0.25, 0.3) is 5.91 Å². The van der Waals surface area contributed by atoms with Gasteiger partial charge in [-0.2, -0.15) is 0 Å². The summed E-state index contributed by atoms with van der Waals surface area (Å²) >= 11 is 0. The zero-order valence-corrected chi connectivity index (χ0v) is 11.9. The standard InChI is InChI=1S/C15H20N2O3/c1-15(2)4-3-9(7-15)17-14(18)10-5-12-13(6-11(10)16)20-8-19-12/h5-6,9H,3-4,7-8,16H2,1-2H3,(H,17,18). The van der Waals surface area contributed by atoms with Gasteiger partial charge in [0.05, 0.1) is 5.56 Å².